The number of rotatable bonds is 1. The maximum absolute atomic E-state index is 12.3. The van der Waals surface area contributed by atoms with E-state index in [0.29, 0.717) is 43.7 Å². The Morgan fingerprint density at radius 1 is 1.33 bits per heavy atom. The highest BCUT2D eigenvalue weighted by atomic mass is 16.5. The van der Waals surface area contributed by atoms with Crippen LogP contribution >= 0.6 is 0 Å². The molecule has 0 radical (unpaired) electrons. The van der Waals surface area contributed by atoms with Crippen LogP contribution in [0.2, 0.25) is 0 Å². The number of carbonyl (C=O) groups is 2. The molecule has 1 amide bonds. The highest BCUT2D eigenvalue weighted by Gasteiger charge is 2.43. The molecule has 0 atom stereocenters. The number of piperidine rings is 1. The van der Waals surface area contributed by atoms with Crippen molar-refractivity contribution in [3.8, 4) is 11.8 Å². The number of benzene rings is 1. The van der Waals surface area contributed by atoms with Crippen molar-refractivity contribution in [2.24, 2.45) is 0 Å². The van der Waals surface area contributed by atoms with Gasteiger partial charge in [0.15, 0.2) is 5.78 Å². The molecule has 2 heterocycles. The zero-order valence-electron chi connectivity index (χ0n) is 11.7. The zero-order valence-corrected chi connectivity index (χ0v) is 11.7. The summed E-state index contributed by atoms with van der Waals surface area (Å²) < 4.78 is 6.10. The Bertz CT molecular complexity index is 625. The Kier molecular flexibility index (Phi) is 3.38. The SMILES string of the molecule is N#CCC(=O)N1CCC2(CC1)CC(=O)c1ccccc1O2. The molecule has 0 aromatic heterocycles. The second kappa shape index (κ2) is 5.21. The molecule has 0 bridgehead atoms. The van der Waals surface area contributed by atoms with Crippen LogP contribution in [0.15, 0.2) is 24.3 Å². The van der Waals surface area contributed by atoms with E-state index in [9.17, 15) is 9.59 Å². The minimum absolute atomic E-state index is 0.0877. The summed E-state index contributed by atoms with van der Waals surface area (Å²) in [5.74, 6) is 0.606. The lowest BCUT2D eigenvalue weighted by Crippen LogP contribution is -2.52. The first-order valence-corrected chi connectivity index (χ1v) is 7.09. The number of hydrogen-bond acceptors (Lipinski definition) is 4. The highest BCUT2D eigenvalue weighted by Crippen LogP contribution is 2.39. The molecule has 0 N–H and O–H groups in total. The van der Waals surface area contributed by atoms with E-state index in [1.165, 1.54) is 0 Å². The van der Waals surface area contributed by atoms with E-state index in [1.807, 2.05) is 24.3 Å². The molecule has 0 aliphatic carbocycles. The number of hydrogen-bond donors (Lipinski definition) is 0. The number of likely N-dealkylation sites (tertiary alicyclic amines) is 1. The van der Waals surface area contributed by atoms with E-state index in [2.05, 4.69) is 0 Å². The molecular formula is C16H16N2O3. The molecule has 3 rings (SSSR count). The van der Waals surface area contributed by atoms with E-state index >= 15 is 0 Å². The molecule has 5 heteroatoms. The zero-order chi connectivity index (χ0) is 14.9. The van der Waals surface area contributed by atoms with Gasteiger partial charge in [0.1, 0.15) is 17.8 Å². The second-order valence-corrected chi connectivity index (χ2v) is 5.60. The molecule has 0 saturated carbocycles. The van der Waals surface area contributed by atoms with E-state index in [-0.39, 0.29) is 18.1 Å². The number of Topliss-reactive ketones (excluding diaryl/α,β-unsaturated/α-hetero) is 1. The number of ether oxygens (including phenoxy) is 1. The standard InChI is InChI=1S/C16H16N2O3/c17-8-5-15(20)18-9-6-16(7-10-18)11-13(19)12-3-1-2-4-14(12)21-16/h1-4H,5-7,9-11H2. The summed E-state index contributed by atoms with van der Waals surface area (Å²) in [5.41, 5.74) is 0.153. The number of nitriles is 1. The smallest absolute Gasteiger partial charge is 0.236 e. The van der Waals surface area contributed by atoms with Crippen LogP contribution in [0.3, 0.4) is 0 Å². The van der Waals surface area contributed by atoms with Gasteiger partial charge in [-0.05, 0) is 12.1 Å². The summed E-state index contributed by atoms with van der Waals surface area (Å²) in [6.45, 7) is 1.08. The minimum atomic E-state index is -0.491. The average molecular weight is 284 g/mol. The van der Waals surface area contributed by atoms with Gasteiger partial charge in [-0.3, -0.25) is 9.59 Å². The summed E-state index contributed by atoms with van der Waals surface area (Å²) in [6, 6.07) is 9.18. The van der Waals surface area contributed by atoms with Crippen LogP contribution in [0, 0.1) is 11.3 Å². The van der Waals surface area contributed by atoms with E-state index in [4.69, 9.17) is 10.00 Å². The van der Waals surface area contributed by atoms with Crippen LogP contribution < -0.4 is 4.74 Å². The molecule has 1 aromatic carbocycles. The lowest BCUT2D eigenvalue weighted by molar-refractivity contribution is -0.133. The van der Waals surface area contributed by atoms with Gasteiger partial charge in [0.2, 0.25) is 5.91 Å². The van der Waals surface area contributed by atoms with Gasteiger partial charge in [0.05, 0.1) is 18.1 Å². The fourth-order valence-electron chi connectivity index (χ4n) is 3.07. The Morgan fingerprint density at radius 3 is 2.76 bits per heavy atom. The molecule has 2 aliphatic rings. The molecule has 1 aromatic rings. The van der Waals surface area contributed by atoms with Crippen molar-refractivity contribution in [2.75, 3.05) is 13.1 Å². The third-order valence-electron chi connectivity index (χ3n) is 4.25. The lowest BCUT2D eigenvalue weighted by Gasteiger charge is -2.43. The van der Waals surface area contributed by atoms with Crippen molar-refractivity contribution in [2.45, 2.75) is 31.3 Å². The summed E-state index contributed by atoms with van der Waals surface area (Å²) in [4.78, 5) is 25.7. The number of carbonyl (C=O) groups excluding carboxylic acids is 2. The van der Waals surface area contributed by atoms with E-state index in [0.717, 1.165) is 0 Å². The fourth-order valence-corrected chi connectivity index (χ4v) is 3.07. The van der Waals surface area contributed by atoms with Crippen LogP contribution in [0.5, 0.6) is 5.75 Å². The Morgan fingerprint density at radius 2 is 2.05 bits per heavy atom. The molecule has 5 nitrogen and oxygen atoms in total. The van der Waals surface area contributed by atoms with Crippen LogP contribution in [0.25, 0.3) is 0 Å². The van der Waals surface area contributed by atoms with Crippen molar-refractivity contribution in [1.29, 1.82) is 5.26 Å². The largest absolute Gasteiger partial charge is 0.486 e. The van der Waals surface area contributed by atoms with Gasteiger partial charge >= 0.3 is 0 Å². The van der Waals surface area contributed by atoms with Gasteiger partial charge in [0, 0.05) is 25.9 Å². The van der Waals surface area contributed by atoms with Crippen molar-refractivity contribution in [3.05, 3.63) is 29.8 Å². The molecule has 2 aliphatic heterocycles. The third kappa shape index (κ3) is 2.49. The number of nitrogens with zero attached hydrogens (tertiary/aromatic N) is 2. The average Bonchev–Trinajstić information content (AvgIpc) is 2.48. The van der Waals surface area contributed by atoms with Gasteiger partial charge in [0.25, 0.3) is 0 Å². The monoisotopic (exact) mass is 284 g/mol. The summed E-state index contributed by atoms with van der Waals surface area (Å²) in [7, 11) is 0. The van der Waals surface area contributed by atoms with Gasteiger partial charge in [-0.25, -0.2) is 0 Å². The van der Waals surface area contributed by atoms with Crippen LogP contribution in [-0.2, 0) is 4.79 Å². The molecule has 1 saturated heterocycles. The second-order valence-electron chi connectivity index (χ2n) is 5.60. The molecule has 0 unspecified atom stereocenters. The highest BCUT2D eigenvalue weighted by molar-refractivity contribution is 6.00. The van der Waals surface area contributed by atoms with E-state index < -0.39 is 5.60 Å². The molecule has 1 spiro atoms. The maximum Gasteiger partial charge on any atom is 0.236 e. The molecular weight excluding hydrogens is 268 g/mol. The first-order chi connectivity index (χ1) is 10.1. The normalized spacial score (nSPS) is 19.6. The van der Waals surface area contributed by atoms with Crippen LogP contribution in [0.1, 0.15) is 36.0 Å². The van der Waals surface area contributed by atoms with Gasteiger partial charge in [-0.15, -0.1) is 0 Å². The topological polar surface area (TPSA) is 70.4 Å². The quantitative estimate of drug-likeness (QED) is 0.790. The van der Waals surface area contributed by atoms with Crippen molar-refractivity contribution in [3.63, 3.8) is 0 Å². The summed E-state index contributed by atoms with van der Waals surface area (Å²) >= 11 is 0. The number of para-hydroxylation sites is 1. The molecule has 1 fully saturated rings. The summed E-state index contributed by atoms with van der Waals surface area (Å²) in [5, 5.41) is 8.59. The van der Waals surface area contributed by atoms with Crippen molar-refractivity contribution < 1.29 is 14.3 Å². The van der Waals surface area contributed by atoms with Crippen molar-refractivity contribution in [1.82, 2.24) is 4.90 Å². The third-order valence-corrected chi connectivity index (χ3v) is 4.25. The first kappa shape index (κ1) is 13.6. The van der Waals surface area contributed by atoms with Crippen LogP contribution in [-0.4, -0.2) is 35.3 Å². The first-order valence-electron chi connectivity index (χ1n) is 7.09. The maximum atomic E-state index is 12.3. The Labute approximate surface area is 123 Å². The number of ketones is 1. The van der Waals surface area contributed by atoms with Gasteiger partial charge in [-0.1, -0.05) is 12.1 Å². The fraction of sp³-hybridized carbons (Fsp3) is 0.438. The minimum Gasteiger partial charge on any atom is -0.486 e. The Balaban J connectivity index is 1.74. The lowest BCUT2D eigenvalue weighted by atomic mass is 9.82. The van der Waals surface area contributed by atoms with Crippen LogP contribution in [0.4, 0.5) is 0 Å². The molecule has 108 valence electrons. The van der Waals surface area contributed by atoms with E-state index in [1.54, 1.807) is 11.0 Å². The Hall–Kier alpha value is -2.35. The number of amides is 1. The van der Waals surface area contributed by atoms with Gasteiger partial charge in [-0.2, -0.15) is 5.26 Å². The van der Waals surface area contributed by atoms with Crippen molar-refractivity contribution >= 4 is 11.7 Å². The van der Waals surface area contributed by atoms with Gasteiger partial charge < -0.3 is 9.64 Å². The predicted octanol–water partition coefficient (Wildman–Crippen LogP) is 1.93. The number of fused-ring (bicyclic) bond motifs is 1. The molecule has 21 heavy (non-hydrogen) atoms. The summed E-state index contributed by atoms with van der Waals surface area (Å²) in [6.07, 6.45) is 1.54. The predicted molar refractivity (Wildman–Crippen MR) is 74.8 cm³/mol.